The number of fused-ring (bicyclic) bond motifs is 1. The molecule has 0 unspecified atom stereocenters. The number of nitrogens with zero attached hydrogens (tertiary/aromatic N) is 2. The Labute approximate surface area is 163 Å². The van der Waals surface area contributed by atoms with E-state index in [1.807, 2.05) is 19.2 Å². The third-order valence-corrected chi connectivity index (χ3v) is 5.69. The fourth-order valence-electron chi connectivity index (χ4n) is 3.23. The lowest BCUT2D eigenvalue weighted by Crippen LogP contribution is -2.26. The second kappa shape index (κ2) is 7.77. The Morgan fingerprint density at radius 1 is 1.11 bits per heavy atom. The summed E-state index contributed by atoms with van der Waals surface area (Å²) in [6.07, 6.45) is 0.343. The number of hydrogen-bond acceptors (Lipinski definition) is 4. The first kappa shape index (κ1) is 19.5. The van der Waals surface area contributed by atoms with Crippen molar-refractivity contribution in [1.82, 2.24) is 9.55 Å². The summed E-state index contributed by atoms with van der Waals surface area (Å²) < 4.78 is 1.69. The molecule has 0 aliphatic carbocycles. The van der Waals surface area contributed by atoms with E-state index < -0.39 is 0 Å². The summed E-state index contributed by atoms with van der Waals surface area (Å²) in [7, 11) is 0. The lowest BCUT2D eigenvalue weighted by molar-refractivity contribution is -0.117. The average Bonchev–Trinajstić information content (AvgIpc) is 3.04. The summed E-state index contributed by atoms with van der Waals surface area (Å²) in [6.45, 7) is 10.3. The molecule has 142 valence electrons. The SMILES string of the molecule is CC(=O)CCn1c(C(C)C)nc2scc(-c3ccc(C(C)C)cc3)c2c1=O. The van der Waals surface area contributed by atoms with E-state index in [1.54, 1.807) is 11.5 Å². The van der Waals surface area contributed by atoms with Crippen LogP contribution in [0.15, 0.2) is 34.4 Å². The highest BCUT2D eigenvalue weighted by Gasteiger charge is 2.19. The van der Waals surface area contributed by atoms with Gasteiger partial charge in [0.05, 0.1) is 5.39 Å². The maximum absolute atomic E-state index is 13.3. The zero-order valence-electron chi connectivity index (χ0n) is 16.6. The highest BCUT2D eigenvalue weighted by molar-refractivity contribution is 7.17. The van der Waals surface area contributed by atoms with E-state index >= 15 is 0 Å². The van der Waals surface area contributed by atoms with Crippen molar-refractivity contribution >= 4 is 27.3 Å². The number of benzene rings is 1. The minimum Gasteiger partial charge on any atom is -0.300 e. The maximum Gasteiger partial charge on any atom is 0.262 e. The number of aromatic nitrogens is 2. The van der Waals surface area contributed by atoms with E-state index in [1.165, 1.54) is 16.9 Å². The number of Topliss-reactive ketones (excluding diaryl/α,β-unsaturated/α-hetero) is 1. The third kappa shape index (κ3) is 3.88. The quantitative estimate of drug-likeness (QED) is 0.577. The van der Waals surface area contributed by atoms with Crippen LogP contribution in [0.25, 0.3) is 21.3 Å². The molecule has 0 bridgehead atoms. The molecular formula is C22H26N2O2S. The lowest BCUT2D eigenvalue weighted by atomic mass is 9.99. The third-order valence-electron chi connectivity index (χ3n) is 4.82. The molecule has 2 heterocycles. The van der Waals surface area contributed by atoms with Crippen LogP contribution < -0.4 is 5.56 Å². The molecule has 0 fully saturated rings. The van der Waals surface area contributed by atoms with Gasteiger partial charge in [-0.2, -0.15) is 0 Å². The first-order chi connectivity index (χ1) is 12.8. The van der Waals surface area contributed by atoms with Crippen LogP contribution in [-0.2, 0) is 11.3 Å². The van der Waals surface area contributed by atoms with E-state index in [0.717, 1.165) is 21.8 Å². The van der Waals surface area contributed by atoms with Gasteiger partial charge >= 0.3 is 0 Å². The Hall–Kier alpha value is -2.27. The highest BCUT2D eigenvalue weighted by atomic mass is 32.1. The molecule has 0 aliphatic heterocycles. The summed E-state index contributed by atoms with van der Waals surface area (Å²) in [4.78, 5) is 30.3. The molecule has 0 N–H and O–H groups in total. The fraction of sp³-hybridized carbons (Fsp3) is 0.409. The second-order valence-corrected chi connectivity index (χ2v) is 8.50. The standard InChI is InChI=1S/C22H26N2O2S/c1-13(2)16-6-8-17(9-7-16)18-12-27-21-19(18)22(26)24(11-10-15(5)25)20(23-21)14(3)4/h6-9,12-14H,10-11H2,1-5H3. The van der Waals surface area contributed by atoms with Crippen LogP contribution in [0.4, 0.5) is 0 Å². The zero-order valence-corrected chi connectivity index (χ0v) is 17.4. The molecule has 3 rings (SSSR count). The molecule has 0 saturated heterocycles. The molecule has 0 amide bonds. The van der Waals surface area contributed by atoms with Gasteiger partial charge in [-0.05, 0) is 24.0 Å². The first-order valence-electron chi connectivity index (χ1n) is 9.41. The van der Waals surface area contributed by atoms with Gasteiger partial charge in [-0.15, -0.1) is 11.3 Å². The molecular weight excluding hydrogens is 356 g/mol. The van der Waals surface area contributed by atoms with E-state index in [0.29, 0.717) is 24.3 Å². The Morgan fingerprint density at radius 3 is 2.33 bits per heavy atom. The minimum absolute atomic E-state index is 0.0471. The number of ketones is 1. The van der Waals surface area contributed by atoms with Gasteiger partial charge in [0.2, 0.25) is 0 Å². The van der Waals surface area contributed by atoms with Crippen LogP contribution in [0.5, 0.6) is 0 Å². The largest absolute Gasteiger partial charge is 0.300 e. The zero-order chi connectivity index (χ0) is 19.7. The van der Waals surface area contributed by atoms with Gasteiger partial charge in [-0.25, -0.2) is 4.98 Å². The summed E-state index contributed by atoms with van der Waals surface area (Å²) in [5.74, 6) is 1.41. The van der Waals surface area contributed by atoms with E-state index in [9.17, 15) is 9.59 Å². The van der Waals surface area contributed by atoms with Gasteiger partial charge in [-0.1, -0.05) is 52.0 Å². The number of carbonyl (C=O) groups excluding carboxylic acids is 1. The molecule has 0 saturated carbocycles. The van der Waals surface area contributed by atoms with Gasteiger partial charge in [-0.3, -0.25) is 14.2 Å². The van der Waals surface area contributed by atoms with Crippen LogP contribution in [0, 0.1) is 0 Å². The number of rotatable bonds is 6. The Kier molecular flexibility index (Phi) is 5.61. The summed E-state index contributed by atoms with van der Waals surface area (Å²) in [5.41, 5.74) is 3.18. The van der Waals surface area contributed by atoms with Crippen molar-refractivity contribution in [1.29, 1.82) is 0 Å². The minimum atomic E-state index is -0.0471. The second-order valence-electron chi connectivity index (χ2n) is 7.64. The molecule has 2 aromatic heterocycles. The number of thiophene rings is 1. The normalized spacial score (nSPS) is 11.7. The van der Waals surface area contributed by atoms with Crippen molar-refractivity contribution in [2.45, 2.75) is 59.4 Å². The predicted molar refractivity (Wildman–Crippen MR) is 113 cm³/mol. The van der Waals surface area contributed by atoms with Crippen molar-refractivity contribution < 1.29 is 4.79 Å². The Bertz CT molecular complexity index is 1030. The van der Waals surface area contributed by atoms with E-state index in [-0.39, 0.29) is 17.3 Å². The van der Waals surface area contributed by atoms with Gasteiger partial charge < -0.3 is 0 Å². The molecule has 3 aromatic rings. The van der Waals surface area contributed by atoms with E-state index in [2.05, 4.69) is 38.1 Å². The van der Waals surface area contributed by atoms with Crippen LogP contribution >= 0.6 is 11.3 Å². The van der Waals surface area contributed by atoms with Gasteiger partial charge in [0.15, 0.2) is 0 Å². The summed E-state index contributed by atoms with van der Waals surface area (Å²) in [5, 5.41) is 2.67. The van der Waals surface area contributed by atoms with Crippen molar-refractivity contribution in [3.8, 4) is 11.1 Å². The average molecular weight is 383 g/mol. The van der Waals surface area contributed by atoms with Crippen molar-refractivity contribution in [3.63, 3.8) is 0 Å². The van der Waals surface area contributed by atoms with Crippen LogP contribution in [-0.4, -0.2) is 15.3 Å². The topological polar surface area (TPSA) is 52.0 Å². The number of hydrogen-bond donors (Lipinski definition) is 0. The van der Waals surface area contributed by atoms with E-state index in [4.69, 9.17) is 4.98 Å². The molecule has 5 heteroatoms. The van der Waals surface area contributed by atoms with Gasteiger partial charge in [0.25, 0.3) is 5.56 Å². The Morgan fingerprint density at radius 2 is 1.78 bits per heavy atom. The molecule has 0 spiro atoms. The van der Waals surface area contributed by atoms with Crippen molar-refractivity contribution in [2.75, 3.05) is 0 Å². The van der Waals surface area contributed by atoms with Gasteiger partial charge in [0, 0.05) is 29.8 Å². The van der Waals surface area contributed by atoms with Crippen LogP contribution in [0.1, 0.15) is 64.3 Å². The summed E-state index contributed by atoms with van der Waals surface area (Å²) >= 11 is 1.51. The highest BCUT2D eigenvalue weighted by Crippen LogP contribution is 2.32. The molecule has 0 atom stereocenters. The van der Waals surface area contributed by atoms with Crippen LogP contribution in [0.3, 0.4) is 0 Å². The van der Waals surface area contributed by atoms with Crippen molar-refractivity contribution in [3.05, 3.63) is 51.4 Å². The van der Waals surface area contributed by atoms with Gasteiger partial charge in [0.1, 0.15) is 16.4 Å². The Balaban J connectivity index is 2.17. The molecule has 0 radical (unpaired) electrons. The predicted octanol–water partition coefficient (Wildman–Crippen LogP) is 5.35. The molecule has 27 heavy (non-hydrogen) atoms. The summed E-state index contributed by atoms with van der Waals surface area (Å²) in [6, 6.07) is 8.39. The first-order valence-corrected chi connectivity index (χ1v) is 10.3. The number of carbonyl (C=O) groups is 1. The molecule has 0 aliphatic rings. The molecule has 1 aromatic carbocycles. The maximum atomic E-state index is 13.3. The van der Waals surface area contributed by atoms with Crippen molar-refractivity contribution in [2.24, 2.45) is 0 Å². The lowest BCUT2D eigenvalue weighted by Gasteiger charge is -2.14. The monoisotopic (exact) mass is 382 g/mol. The van der Waals surface area contributed by atoms with Crippen LogP contribution in [0.2, 0.25) is 0 Å². The fourth-order valence-corrected chi connectivity index (χ4v) is 4.17. The molecule has 4 nitrogen and oxygen atoms in total. The smallest absolute Gasteiger partial charge is 0.262 e.